The zero-order chi connectivity index (χ0) is 14.5. The minimum atomic E-state index is -0.0317. The summed E-state index contributed by atoms with van der Waals surface area (Å²) in [6, 6.07) is 2.61. The summed E-state index contributed by atoms with van der Waals surface area (Å²) in [6.07, 6.45) is 5.33. The lowest BCUT2D eigenvalue weighted by Crippen LogP contribution is -2.47. The fourth-order valence-corrected chi connectivity index (χ4v) is 2.60. The van der Waals surface area contributed by atoms with Gasteiger partial charge in [-0.3, -0.25) is 9.78 Å². The molecule has 5 heteroatoms. The van der Waals surface area contributed by atoms with Gasteiger partial charge in [-0.15, -0.1) is 0 Å². The van der Waals surface area contributed by atoms with Crippen LogP contribution in [-0.2, 0) is 0 Å². The van der Waals surface area contributed by atoms with Gasteiger partial charge in [-0.1, -0.05) is 0 Å². The van der Waals surface area contributed by atoms with Gasteiger partial charge in [0.1, 0.15) is 0 Å². The lowest BCUT2D eigenvalue weighted by atomic mass is 9.98. The summed E-state index contributed by atoms with van der Waals surface area (Å²) in [5.41, 5.74) is 1.47. The Kier molecular flexibility index (Phi) is 4.95. The standard InChI is InChI=1S/C15H24N4O/c1-4-17-14-5-7-16-10-13(14)15(20)18-12-6-8-19(3)11(2)9-12/h5,7,10-12H,4,6,8-9H2,1-3H3,(H,16,17)(H,18,20). The molecule has 0 saturated carbocycles. The van der Waals surface area contributed by atoms with Crippen molar-refractivity contribution in [3.8, 4) is 0 Å². The number of hydrogen-bond donors (Lipinski definition) is 2. The second-order valence-electron chi connectivity index (χ2n) is 5.48. The van der Waals surface area contributed by atoms with E-state index in [1.54, 1.807) is 12.4 Å². The Hall–Kier alpha value is -1.62. The quantitative estimate of drug-likeness (QED) is 0.879. The predicted molar refractivity (Wildman–Crippen MR) is 81.0 cm³/mol. The normalized spacial score (nSPS) is 23.4. The number of nitrogens with one attached hydrogen (secondary N) is 2. The number of nitrogens with zero attached hydrogens (tertiary/aromatic N) is 2. The average Bonchev–Trinajstić information content (AvgIpc) is 2.44. The van der Waals surface area contributed by atoms with E-state index >= 15 is 0 Å². The molecule has 0 aromatic carbocycles. The van der Waals surface area contributed by atoms with Gasteiger partial charge >= 0.3 is 0 Å². The highest BCUT2D eigenvalue weighted by molar-refractivity contribution is 5.99. The molecule has 2 atom stereocenters. The van der Waals surface area contributed by atoms with E-state index in [4.69, 9.17) is 0 Å². The summed E-state index contributed by atoms with van der Waals surface area (Å²) in [4.78, 5) is 18.8. The van der Waals surface area contributed by atoms with E-state index < -0.39 is 0 Å². The smallest absolute Gasteiger partial charge is 0.255 e. The highest BCUT2D eigenvalue weighted by Gasteiger charge is 2.24. The highest BCUT2D eigenvalue weighted by Crippen LogP contribution is 2.18. The number of piperidine rings is 1. The molecule has 1 saturated heterocycles. The number of carbonyl (C=O) groups excluding carboxylic acids is 1. The predicted octanol–water partition coefficient (Wildman–Crippen LogP) is 1.73. The first-order chi connectivity index (χ1) is 9.61. The Balaban J connectivity index is 2.01. The van der Waals surface area contributed by atoms with E-state index in [1.807, 2.05) is 13.0 Å². The monoisotopic (exact) mass is 276 g/mol. The summed E-state index contributed by atoms with van der Waals surface area (Å²) in [5, 5.41) is 6.34. The van der Waals surface area contributed by atoms with Crippen molar-refractivity contribution >= 4 is 11.6 Å². The molecule has 20 heavy (non-hydrogen) atoms. The van der Waals surface area contributed by atoms with Crippen molar-refractivity contribution in [2.24, 2.45) is 0 Å². The first-order valence-electron chi connectivity index (χ1n) is 7.30. The molecule has 0 aliphatic carbocycles. The molecular weight excluding hydrogens is 252 g/mol. The summed E-state index contributed by atoms with van der Waals surface area (Å²) in [7, 11) is 2.13. The lowest BCUT2D eigenvalue weighted by Gasteiger charge is -2.35. The molecule has 1 aliphatic rings. The van der Waals surface area contributed by atoms with Gasteiger partial charge in [-0.25, -0.2) is 0 Å². The maximum absolute atomic E-state index is 12.4. The SMILES string of the molecule is CCNc1ccncc1C(=O)NC1CCN(C)C(C)C1. The zero-order valence-corrected chi connectivity index (χ0v) is 12.5. The Morgan fingerprint density at radius 1 is 1.55 bits per heavy atom. The summed E-state index contributed by atoms with van der Waals surface area (Å²) in [5.74, 6) is -0.0317. The van der Waals surface area contributed by atoms with Crippen LogP contribution in [0.15, 0.2) is 18.5 Å². The van der Waals surface area contributed by atoms with Crippen LogP contribution in [0.4, 0.5) is 5.69 Å². The number of amides is 1. The third-order valence-corrected chi connectivity index (χ3v) is 3.98. The minimum Gasteiger partial charge on any atom is -0.385 e. The first-order valence-corrected chi connectivity index (χ1v) is 7.30. The van der Waals surface area contributed by atoms with E-state index in [0.29, 0.717) is 11.6 Å². The van der Waals surface area contributed by atoms with E-state index in [1.165, 1.54) is 0 Å². The van der Waals surface area contributed by atoms with Gasteiger partial charge < -0.3 is 15.5 Å². The van der Waals surface area contributed by atoms with Crippen molar-refractivity contribution < 1.29 is 4.79 Å². The first kappa shape index (κ1) is 14.8. The van der Waals surface area contributed by atoms with E-state index in [2.05, 4.69) is 34.5 Å². The molecule has 1 fully saturated rings. The van der Waals surface area contributed by atoms with Crippen molar-refractivity contribution in [3.63, 3.8) is 0 Å². The van der Waals surface area contributed by atoms with Crippen molar-refractivity contribution in [2.45, 2.75) is 38.8 Å². The van der Waals surface area contributed by atoms with Crippen LogP contribution in [-0.4, -0.2) is 48.0 Å². The van der Waals surface area contributed by atoms with Crippen molar-refractivity contribution in [1.82, 2.24) is 15.2 Å². The average molecular weight is 276 g/mol. The molecule has 1 aliphatic heterocycles. The van der Waals surface area contributed by atoms with Crippen LogP contribution in [0.1, 0.15) is 37.0 Å². The van der Waals surface area contributed by atoms with Crippen molar-refractivity contribution in [2.75, 3.05) is 25.5 Å². The number of anilines is 1. The molecule has 2 rings (SSSR count). The molecule has 2 heterocycles. The fourth-order valence-electron chi connectivity index (χ4n) is 2.60. The van der Waals surface area contributed by atoms with Gasteiger partial charge in [-0.05, 0) is 39.8 Å². The van der Waals surface area contributed by atoms with E-state index in [-0.39, 0.29) is 11.9 Å². The molecule has 0 radical (unpaired) electrons. The van der Waals surface area contributed by atoms with E-state index in [0.717, 1.165) is 31.6 Å². The zero-order valence-electron chi connectivity index (χ0n) is 12.5. The van der Waals surface area contributed by atoms with Crippen LogP contribution in [0.5, 0.6) is 0 Å². The molecule has 110 valence electrons. The van der Waals surface area contributed by atoms with Gasteiger partial charge in [0.15, 0.2) is 0 Å². The maximum Gasteiger partial charge on any atom is 0.255 e. The number of pyridine rings is 1. The Morgan fingerprint density at radius 2 is 2.35 bits per heavy atom. The third kappa shape index (κ3) is 3.48. The third-order valence-electron chi connectivity index (χ3n) is 3.98. The van der Waals surface area contributed by atoms with Crippen LogP contribution in [0.3, 0.4) is 0 Å². The number of rotatable bonds is 4. The number of carbonyl (C=O) groups is 1. The Bertz CT molecular complexity index is 463. The second kappa shape index (κ2) is 6.70. The topological polar surface area (TPSA) is 57.3 Å². The maximum atomic E-state index is 12.4. The number of aromatic nitrogens is 1. The Morgan fingerprint density at radius 3 is 3.05 bits per heavy atom. The van der Waals surface area contributed by atoms with Crippen LogP contribution >= 0.6 is 0 Å². The van der Waals surface area contributed by atoms with Gasteiger partial charge in [-0.2, -0.15) is 0 Å². The highest BCUT2D eigenvalue weighted by atomic mass is 16.1. The summed E-state index contributed by atoms with van der Waals surface area (Å²) >= 11 is 0. The molecule has 0 spiro atoms. The van der Waals surface area contributed by atoms with Crippen molar-refractivity contribution in [3.05, 3.63) is 24.0 Å². The minimum absolute atomic E-state index is 0.0317. The fraction of sp³-hybridized carbons (Fsp3) is 0.600. The molecule has 1 amide bonds. The van der Waals surface area contributed by atoms with Gasteiger partial charge in [0.25, 0.3) is 5.91 Å². The molecule has 2 unspecified atom stereocenters. The molecule has 5 nitrogen and oxygen atoms in total. The molecule has 1 aromatic rings. The number of hydrogen-bond acceptors (Lipinski definition) is 4. The van der Waals surface area contributed by atoms with Gasteiger partial charge in [0.2, 0.25) is 0 Å². The molecular formula is C15H24N4O. The number of likely N-dealkylation sites (tertiary alicyclic amines) is 1. The van der Waals surface area contributed by atoms with Crippen LogP contribution in [0.2, 0.25) is 0 Å². The molecule has 2 N–H and O–H groups in total. The van der Waals surface area contributed by atoms with Gasteiger partial charge in [0, 0.05) is 37.6 Å². The van der Waals surface area contributed by atoms with Crippen LogP contribution < -0.4 is 10.6 Å². The van der Waals surface area contributed by atoms with Crippen molar-refractivity contribution in [1.29, 1.82) is 0 Å². The second-order valence-corrected chi connectivity index (χ2v) is 5.48. The summed E-state index contributed by atoms with van der Waals surface area (Å²) < 4.78 is 0. The summed E-state index contributed by atoms with van der Waals surface area (Å²) in [6.45, 7) is 6.03. The molecule has 1 aromatic heterocycles. The lowest BCUT2D eigenvalue weighted by molar-refractivity contribution is 0.0897. The van der Waals surface area contributed by atoms with Crippen LogP contribution in [0, 0.1) is 0 Å². The molecule has 0 bridgehead atoms. The van der Waals surface area contributed by atoms with E-state index in [9.17, 15) is 4.79 Å². The largest absolute Gasteiger partial charge is 0.385 e. The van der Waals surface area contributed by atoms with Crippen LogP contribution in [0.25, 0.3) is 0 Å². The Labute approximate surface area is 120 Å². The van der Waals surface area contributed by atoms with Gasteiger partial charge in [0.05, 0.1) is 11.3 Å².